The Hall–Kier alpha value is -4.66. The van der Waals surface area contributed by atoms with Crippen LogP contribution in [0.2, 0.25) is 0 Å². The Morgan fingerprint density at radius 2 is 0.880 bits per heavy atom. The van der Waals surface area contributed by atoms with E-state index in [4.69, 9.17) is 19.4 Å². The zero-order chi connectivity index (χ0) is 33.5. The van der Waals surface area contributed by atoms with Crippen molar-refractivity contribution in [3.63, 3.8) is 0 Å². The molecule has 8 heteroatoms. The molecule has 8 nitrogen and oxygen atoms in total. The van der Waals surface area contributed by atoms with Gasteiger partial charge in [0.25, 0.3) is 0 Å². The molecule has 2 N–H and O–H groups in total. The smallest absolute Gasteiger partial charge is 0.138 e. The van der Waals surface area contributed by atoms with Gasteiger partial charge in [0.2, 0.25) is 0 Å². The Bertz CT molecular complexity index is 1840. The molecule has 4 heterocycles. The van der Waals surface area contributed by atoms with Crippen LogP contribution in [0.15, 0.2) is 84.9 Å². The first-order valence-electron chi connectivity index (χ1n) is 18.6. The fourth-order valence-corrected chi connectivity index (χ4v) is 7.39. The molecule has 8 rings (SSSR count). The van der Waals surface area contributed by atoms with E-state index in [0.717, 1.165) is 107 Å². The normalized spacial score (nSPS) is 15.9. The molecule has 0 bridgehead atoms. The fourth-order valence-electron chi connectivity index (χ4n) is 7.39. The van der Waals surface area contributed by atoms with Gasteiger partial charge in [0.1, 0.15) is 23.1 Å². The summed E-state index contributed by atoms with van der Waals surface area (Å²) in [6.45, 7) is 8.69. The number of aromatic amines is 2. The minimum Gasteiger partial charge on any atom is -0.494 e. The number of imidazole rings is 2. The number of fused-ring (bicyclic) bond motifs is 2. The molecule has 0 radical (unpaired) electrons. The zero-order valence-electron chi connectivity index (χ0n) is 29.0. The number of nitrogens with zero attached hydrogens (tertiary/aromatic N) is 4. The molecule has 0 amide bonds. The molecule has 2 fully saturated rings. The van der Waals surface area contributed by atoms with E-state index in [-0.39, 0.29) is 0 Å². The van der Waals surface area contributed by atoms with Gasteiger partial charge in [-0.3, -0.25) is 0 Å². The quantitative estimate of drug-likeness (QED) is 0.120. The van der Waals surface area contributed by atoms with Crippen LogP contribution in [0.4, 0.5) is 0 Å². The summed E-state index contributed by atoms with van der Waals surface area (Å²) >= 11 is 0. The second-order valence-corrected chi connectivity index (χ2v) is 13.9. The number of H-pyrrole nitrogens is 2. The minimum atomic E-state index is 0.747. The van der Waals surface area contributed by atoms with E-state index in [1.807, 2.05) is 24.3 Å². The van der Waals surface area contributed by atoms with Gasteiger partial charge in [-0.15, -0.1) is 0 Å². The van der Waals surface area contributed by atoms with Crippen LogP contribution in [0.5, 0.6) is 11.5 Å². The second-order valence-electron chi connectivity index (χ2n) is 13.9. The minimum absolute atomic E-state index is 0.747. The number of benzene rings is 4. The molecule has 0 saturated carbocycles. The van der Waals surface area contributed by atoms with Gasteiger partial charge in [0.05, 0.1) is 35.3 Å². The summed E-state index contributed by atoms with van der Waals surface area (Å²) in [5.74, 6) is 3.53. The highest BCUT2D eigenvalue weighted by Crippen LogP contribution is 2.30. The zero-order valence-corrected chi connectivity index (χ0v) is 29.0. The predicted molar refractivity (Wildman–Crippen MR) is 203 cm³/mol. The molecule has 0 unspecified atom stereocenters. The number of aromatic nitrogens is 4. The third-order valence-corrected chi connectivity index (χ3v) is 10.2. The van der Waals surface area contributed by atoms with Gasteiger partial charge in [-0.25, -0.2) is 9.97 Å². The Morgan fingerprint density at radius 1 is 0.480 bits per heavy atom. The number of piperidine rings is 2. The molecule has 6 aromatic rings. The van der Waals surface area contributed by atoms with Crippen LogP contribution in [-0.2, 0) is 0 Å². The average molecular weight is 669 g/mol. The number of hydrogen-bond donors (Lipinski definition) is 2. The summed E-state index contributed by atoms with van der Waals surface area (Å²) in [5.41, 5.74) is 8.25. The van der Waals surface area contributed by atoms with Crippen LogP contribution < -0.4 is 9.47 Å². The Balaban J connectivity index is 0.880. The van der Waals surface area contributed by atoms with Crippen molar-refractivity contribution in [3.05, 3.63) is 84.9 Å². The van der Waals surface area contributed by atoms with Gasteiger partial charge >= 0.3 is 0 Å². The van der Waals surface area contributed by atoms with Crippen LogP contribution in [0.3, 0.4) is 0 Å². The average Bonchev–Trinajstić information content (AvgIpc) is 3.81. The van der Waals surface area contributed by atoms with Gasteiger partial charge in [0, 0.05) is 24.2 Å². The third kappa shape index (κ3) is 7.87. The highest BCUT2D eigenvalue weighted by atomic mass is 16.5. The Labute approximate surface area is 294 Å². The number of nitrogens with one attached hydrogen (secondary N) is 2. The second kappa shape index (κ2) is 15.5. The van der Waals surface area contributed by atoms with E-state index in [2.05, 4.69) is 80.4 Å². The maximum Gasteiger partial charge on any atom is 0.138 e. The maximum atomic E-state index is 6.04. The van der Waals surface area contributed by atoms with E-state index in [1.54, 1.807) is 0 Å². The maximum absolute atomic E-state index is 6.04. The van der Waals surface area contributed by atoms with E-state index >= 15 is 0 Å². The van der Waals surface area contributed by atoms with Gasteiger partial charge < -0.3 is 29.2 Å². The molecule has 0 aliphatic carbocycles. The molecule has 50 heavy (non-hydrogen) atoms. The number of ether oxygens (including phenoxy) is 2. The van der Waals surface area contributed by atoms with Gasteiger partial charge in [-0.2, -0.15) is 0 Å². The standard InChI is InChI=1S/C42H48N6O2/c1-3-21-47(22-4-1)25-7-27-49-35-15-9-31(10-16-35)41-43-37-19-13-33(29-39(37)45-41)34-14-20-38-40(30-34)46-42(44-38)32-11-17-36(18-12-32)50-28-8-26-48-23-5-2-6-24-48/h9-20,29-30H,1-8,21-28H2,(H,43,45)(H,44,46). The summed E-state index contributed by atoms with van der Waals surface area (Å²) in [6.07, 6.45) is 10.2. The topological polar surface area (TPSA) is 82.3 Å². The lowest BCUT2D eigenvalue weighted by Gasteiger charge is -2.26. The van der Waals surface area contributed by atoms with Gasteiger partial charge in [-0.05, 0) is 149 Å². The third-order valence-electron chi connectivity index (χ3n) is 10.2. The highest BCUT2D eigenvalue weighted by Gasteiger charge is 2.13. The van der Waals surface area contributed by atoms with Crippen LogP contribution in [0.1, 0.15) is 51.4 Å². The van der Waals surface area contributed by atoms with E-state index in [9.17, 15) is 0 Å². The summed E-state index contributed by atoms with van der Waals surface area (Å²) in [7, 11) is 0. The summed E-state index contributed by atoms with van der Waals surface area (Å²) in [6, 6.07) is 29.3. The molecule has 258 valence electrons. The SMILES string of the molecule is c1cc(-c2nc3ccc(-c4ccc5nc(-c6ccc(OCCCN7CCCCC7)cc6)[nH]c5c4)cc3[nH]2)ccc1OCCCN1CCCCC1. The lowest BCUT2D eigenvalue weighted by molar-refractivity contribution is 0.205. The van der Waals surface area contributed by atoms with Crippen molar-refractivity contribution >= 4 is 22.1 Å². The fraction of sp³-hybridized carbons (Fsp3) is 0.381. The summed E-state index contributed by atoms with van der Waals surface area (Å²) in [4.78, 5) is 22.0. The van der Waals surface area contributed by atoms with Crippen molar-refractivity contribution in [2.75, 3.05) is 52.5 Å². The highest BCUT2D eigenvalue weighted by molar-refractivity contribution is 5.88. The molecule has 4 aromatic carbocycles. The van der Waals surface area contributed by atoms with Crippen molar-refractivity contribution < 1.29 is 9.47 Å². The number of hydrogen-bond acceptors (Lipinski definition) is 6. The number of rotatable bonds is 13. The first-order valence-corrected chi connectivity index (χ1v) is 18.6. The van der Waals surface area contributed by atoms with Crippen molar-refractivity contribution in [3.8, 4) is 45.4 Å². The predicted octanol–water partition coefficient (Wildman–Crippen LogP) is 8.95. The largest absolute Gasteiger partial charge is 0.494 e. The van der Waals surface area contributed by atoms with Gasteiger partial charge in [0.15, 0.2) is 0 Å². The monoisotopic (exact) mass is 668 g/mol. The number of likely N-dealkylation sites (tertiary alicyclic amines) is 2. The van der Waals surface area contributed by atoms with Crippen LogP contribution in [0.25, 0.3) is 56.0 Å². The molecule has 0 atom stereocenters. The van der Waals surface area contributed by atoms with Crippen LogP contribution >= 0.6 is 0 Å². The van der Waals surface area contributed by atoms with Crippen molar-refractivity contribution in [2.24, 2.45) is 0 Å². The van der Waals surface area contributed by atoms with Crippen molar-refractivity contribution in [2.45, 2.75) is 51.4 Å². The van der Waals surface area contributed by atoms with E-state index < -0.39 is 0 Å². The molecule has 0 spiro atoms. The van der Waals surface area contributed by atoms with Crippen molar-refractivity contribution in [1.29, 1.82) is 0 Å². The molecule has 2 aliphatic rings. The lowest BCUT2D eigenvalue weighted by atomic mass is 10.0. The molecule has 2 aromatic heterocycles. The van der Waals surface area contributed by atoms with Crippen molar-refractivity contribution in [1.82, 2.24) is 29.7 Å². The molecule has 2 aliphatic heterocycles. The molecular formula is C42H48N6O2. The van der Waals surface area contributed by atoms with E-state index in [1.165, 1.54) is 64.7 Å². The van der Waals surface area contributed by atoms with Crippen LogP contribution in [-0.4, -0.2) is 82.2 Å². The molecule has 2 saturated heterocycles. The first-order chi connectivity index (χ1) is 24.7. The first kappa shape index (κ1) is 32.5. The Morgan fingerprint density at radius 3 is 1.30 bits per heavy atom. The lowest BCUT2D eigenvalue weighted by Crippen LogP contribution is -2.31. The summed E-state index contributed by atoms with van der Waals surface area (Å²) < 4.78 is 12.1. The molecular weight excluding hydrogens is 621 g/mol. The Kier molecular flexibility index (Phi) is 10.1. The van der Waals surface area contributed by atoms with Gasteiger partial charge in [-0.1, -0.05) is 25.0 Å². The summed E-state index contributed by atoms with van der Waals surface area (Å²) in [5, 5.41) is 0. The van der Waals surface area contributed by atoms with Crippen LogP contribution in [0, 0.1) is 0 Å². The van der Waals surface area contributed by atoms with E-state index in [0.29, 0.717) is 0 Å².